The van der Waals surface area contributed by atoms with Crippen LogP contribution in [0.15, 0.2) is 12.3 Å². The van der Waals surface area contributed by atoms with Gasteiger partial charge in [0, 0.05) is 0 Å². The molecule has 18 heavy (non-hydrogen) atoms. The summed E-state index contributed by atoms with van der Waals surface area (Å²) in [6.45, 7) is 3.75. The first-order valence-corrected chi connectivity index (χ1v) is 5.49. The number of methoxy groups -OCH3 is 1. The van der Waals surface area contributed by atoms with Crippen molar-refractivity contribution in [2.24, 2.45) is 5.92 Å². The number of pyridine rings is 1. The van der Waals surface area contributed by atoms with Crippen LogP contribution in [0.5, 0.6) is 0 Å². The molecule has 0 fully saturated rings. The molecule has 0 spiro atoms. The molecule has 0 amide bonds. The Hall–Kier alpha value is -2.29. The fourth-order valence-electron chi connectivity index (χ4n) is 1.45. The molecule has 0 aliphatic carbocycles. The van der Waals surface area contributed by atoms with Gasteiger partial charge in [-0.15, -0.1) is 0 Å². The molecular formula is C12H16N4O2. The molecule has 0 radical (unpaired) electrons. The summed E-state index contributed by atoms with van der Waals surface area (Å²) in [5.74, 6) is -0.0633. The van der Waals surface area contributed by atoms with Crippen LogP contribution >= 0.6 is 0 Å². The average molecular weight is 248 g/mol. The summed E-state index contributed by atoms with van der Waals surface area (Å²) >= 11 is 0. The van der Waals surface area contributed by atoms with Crippen LogP contribution < -0.4 is 11.1 Å². The van der Waals surface area contributed by atoms with Crippen molar-refractivity contribution in [2.75, 3.05) is 18.2 Å². The number of rotatable bonds is 4. The number of esters is 1. The molecule has 0 bridgehead atoms. The molecule has 1 atom stereocenters. The van der Waals surface area contributed by atoms with Crippen LogP contribution in [0.4, 0.5) is 11.5 Å². The van der Waals surface area contributed by atoms with Crippen LogP contribution in [0.25, 0.3) is 0 Å². The van der Waals surface area contributed by atoms with Crippen molar-refractivity contribution in [3.05, 3.63) is 17.8 Å². The van der Waals surface area contributed by atoms with Crippen LogP contribution in [0, 0.1) is 17.2 Å². The Labute approximate surface area is 106 Å². The maximum Gasteiger partial charge on any atom is 0.328 e. The van der Waals surface area contributed by atoms with E-state index in [9.17, 15) is 4.79 Å². The van der Waals surface area contributed by atoms with E-state index in [2.05, 4.69) is 10.3 Å². The minimum atomic E-state index is -0.557. The van der Waals surface area contributed by atoms with Crippen molar-refractivity contribution >= 4 is 17.5 Å². The van der Waals surface area contributed by atoms with Crippen molar-refractivity contribution in [1.29, 1.82) is 5.26 Å². The molecule has 0 saturated heterocycles. The van der Waals surface area contributed by atoms with Crippen LogP contribution in [0.2, 0.25) is 0 Å². The van der Waals surface area contributed by atoms with E-state index < -0.39 is 12.0 Å². The molecule has 1 aromatic heterocycles. The summed E-state index contributed by atoms with van der Waals surface area (Å²) in [6, 6.07) is 2.93. The topological polar surface area (TPSA) is 101 Å². The minimum Gasteiger partial charge on any atom is -0.467 e. The largest absolute Gasteiger partial charge is 0.467 e. The molecular weight excluding hydrogens is 232 g/mol. The lowest BCUT2D eigenvalue weighted by Crippen LogP contribution is -2.36. The molecule has 96 valence electrons. The number of nitrogens with two attached hydrogens (primary N) is 1. The van der Waals surface area contributed by atoms with Crippen LogP contribution in [0.1, 0.15) is 19.4 Å². The molecule has 1 unspecified atom stereocenters. The van der Waals surface area contributed by atoms with Gasteiger partial charge in [0.05, 0.1) is 24.6 Å². The van der Waals surface area contributed by atoms with Gasteiger partial charge < -0.3 is 15.8 Å². The average Bonchev–Trinajstić information content (AvgIpc) is 2.35. The van der Waals surface area contributed by atoms with Crippen LogP contribution in [-0.2, 0) is 9.53 Å². The van der Waals surface area contributed by atoms with E-state index in [1.807, 2.05) is 19.9 Å². The van der Waals surface area contributed by atoms with Crippen LogP contribution in [-0.4, -0.2) is 24.1 Å². The normalized spacial score (nSPS) is 11.7. The molecule has 0 aliphatic rings. The van der Waals surface area contributed by atoms with Gasteiger partial charge in [0.2, 0.25) is 0 Å². The van der Waals surface area contributed by atoms with E-state index in [4.69, 9.17) is 15.7 Å². The summed E-state index contributed by atoms with van der Waals surface area (Å²) in [6.07, 6.45) is 1.43. The van der Waals surface area contributed by atoms with Gasteiger partial charge in [0.1, 0.15) is 17.9 Å². The number of hydrogen-bond donors (Lipinski definition) is 2. The lowest BCUT2D eigenvalue weighted by Gasteiger charge is -2.20. The molecule has 6 heteroatoms. The predicted octanol–water partition coefficient (Wildman–Crippen LogP) is 1.14. The second-order valence-corrected chi connectivity index (χ2v) is 4.17. The van der Waals surface area contributed by atoms with E-state index in [1.54, 1.807) is 0 Å². The fourth-order valence-corrected chi connectivity index (χ4v) is 1.45. The number of anilines is 2. The van der Waals surface area contributed by atoms with Crippen molar-refractivity contribution in [3.8, 4) is 6.07 Å². The number of ether oxygens (including phenoxy) is 1. The highest BCUT2D eigenvalue weighted by atomic mass is 16.5. The highest BCUT2D eigenvalue weighted by Gasteiger charge is 2.24. The quantitative estimate of drug-likeness (QED) is 0.775. The zero-order valence-electron chi connectivity index (χ0n) is 10.6. The van der Waals surface area contributed by atoms with Crippen molar-refractivity contribution in [3.63, 3.8) is 0 Å². The van der Waals surface area contributed by atoms with Gasteiger partial charge in [-0.2, -0.15) is 5.26 Å². The van der Waals surface area contributed by atoms with E-state index >= 15 is 0 Å². The van der Waals surface area contributed by atoms with Gasteiger partial charge >= 0.3 is 5.97 Å². The number of hydrogen-bond acceptors (Lipinski definition) is 6. The Bertz CT molecular complexity index is 479. The minimum absolute atomic E-state index is 0.00310. The first-order chi connectivity index (χ1) is 8.49. The fraction of sp³-hybridized carbons (Fsp3) is 0.417. The third kappa shape index (κ3) is 3.10. The number of carbonyl (C=O) groups excluding carboxylic acids is 1. The predicted molar refractivity (Wildman–Crippen MR) is 67.6 cm³/mol. The SMILES string of the molecule is COC(=O)C(Nc1ncc(N)cc1C#N)C(C)C. The van der Waals surface area contributed by atoms with Gasteiger partial charge in [-0.1, -0.05) is 13.8 Å². The first kappa shape index (κ1) is 13.8. The summed E-state index contributed by atoms with van der Waals surface area (Å²) in [5, 5.41) is 11.9. The molecule has 0 aliphatic heterocycles. The number of nitrogen functional groups attached to an aromatic ring is 1. The maximum absolute atomic E-state index is 11.6. The second-order valence-electron chi connectivity index (χ2n) is 4.17. The van der Waals surface area contributed by atoms with Crippen molar-refractivity contribution < 1.29 is 9.53 Å². The Kier molecular flexibility index (Phi) is 4.49. The molecule has 0 saturated carbocycles. The van der Waals surface area contributed by atoms with E-state index in [0.717, 1.165) is 0 Å². The Morgan fingerprint density at radius 3 is 2.78 bits per heavy atom. The third-order valence-corrected chi connectivity index (χ3v) is 2.44. The highest BCUT2D eigenvalue weighted by Crippen LogP contribution is 2.18. The smallest absolute Gasteiger partial charge is 0.328 e. The highest BCUT2D eigenvalue weighted by molar-refractivity contribution is 5.79. The van der Waals surface area contributed by atoms with Gasteiger partial charge in [-0.05, 0) is 12.0 Å². The summed E-state index contributed by atoms with van der Waals surface area (Å²) < 4.78 is 4.71. The molecule has 6 nitrogen and oxygen atoms in total. The van der Waals surface area contributed by atoms with Crippen molar-refractivity contribution in [2.45, 2.75) is 19.9 Å². The van der Waals surface area contributed by atoms with Gasteiger partial charge in [-0.3, -0.25) is 0 Å². The van der Waals surface area contributed by atoms with Gasteiger partial charge in [-0.25, -0.2) is 9.78 Å². The van der Waals surface area contributed by atoms with E-state index in [0.29, 0.717) is 17.1 Å². The number of nitriles is 1. The zero-order chi connectivity index (χ0) is 13.7. The Morgan fingerprint density at radius 2 is 2.28 bits per heavy atom. The number of carbonyl (C=O) groups is 1. The van der Waals surface area contributed by atoms with E-state index in [1.165, 1.54) is 19.4 Å². The summed E-state index contributed by atoms with van der Waals surface area (Å²) in [4.78, 5) is 15.6. The molecule has 0 aromatic carbocycles. The second kappa shape index (κ2) is 5.87. The zero-order valence-corrected chi connectivity index (χ0v) is 10.6. The first-order valence-electron chi connectivity index (χ1n) is 5.49. The lowest BCUT2D eigenvalue weighted by atomic mass is 10.0. The Balaban J connectivity index is 3.01. The Morgan fingerprint density at radius 1 is 1.61 bits per heavy atom. The third-order valence-electron chi connectivity index (χ3n) is 2.44. The monoisotopic (exact) mass is 248 g/mol. The standard InChI is InChI=1S/C12H16N4O2/c1-7(2)10(12(17)18-3)16-11-8(5-13)4-9(14)6-15-11/h4,6-7,10H,14H2,1-3H3,(H,15,16). The van der Waals surface area contributed by atoms with Crippen molar-refractivity contribution in [1.82, 2.24) is 4.98 Å². The van der Waals surface area contributed by atoms with Gasteiger partial charge in [0.25, 0.3) is 0 Å². The maximum atomic E-state index is 11.6. The van der Waals surface area contributed by atoms with Crippen LogP contribution in [0.3, 0.4) is 0 Å². The lowest BCUT2D eigenvalue weighted by molar-refractivity contribution is -0.142. The summed E-state index contributed by atoms with van der Waals surface area (Å²) in [7, 11) is 1.32. The molecule has 1 aromatic rings. The summed E-state index contributed by atoms with van der Waals surface area (Å²) in [5.41, 5.74) is 6.24. The molecule has 3 N–H and O–H groups in total. The van der Waals surface area contributed by atoms with Gasteiger partial charge in [0.15, 0.2) is 0 Å². The number of nitrogens with one attached hydrogen (secondary N) is 1. The van der Waals surface area contributed by atoms with E-state index in [-0.39, 0.29) is 5.92 Å². The number of nitrogens with zero attached hydrogens (tertiary/aromatic N) is 2. The molecule has 1 heterocycles. The molecule has 1 rings (SSSR count). The number of aromatic nitrogens is 1.